The maximum Gasteiger partial charge on any atom is 0.326 e. The van der Waals surface area contributed by atoms with Crippen LogP contribution in [0.3, 0.4) is 0 Å². The van der Waals surface area contributed by atoms with Crippen LogP contribution in [0.1, 0.15) is 82.6 Å². The molecule has 3 amide bonds. The fourth-order valence-corrected chi connectivity index (χ4v) is 7.48. The van der Waals surface area contributed by atoms with Gasteiger partial charge in [0, 0.05) is 17.0 Å². The monoisotopic (exact) mass is 768 g/mol. The molecule has 5 rings (SSSR count). The lowest BCUT2D eigenvalue weighted by Gasteiger charge is -2.47. The first-order chi connectivity index (χ1) is 25.6. The number of carbonyl (C=O) groups excluding carboxylic acids is 3. The SMILES string of the molecule is CC(C)(C)N.O=C(COc1ccc([C@@H]2[C@@H](SC[C@H](O)c3ccc(F)cc3)C(=O)N2c2ccc(F)cc2)cc1)NCC(=O)N[C@H](CC1CCCCC1)C(=O)O. The zero-order valence-corrected chi connectivity index (χ0v) is 31.6. The molecule has 3 aromatic carbocycles. The molecule has 3 aromatic rings. The van der Waals surface area contributed by atoms with E-state index in [0.717, 1.165) is 37.7 Å². The summed E-state index contributed by atoms with van der Waals surface area (Å²) < 4.78 is 32.6. The average Bonchev–Trinajstić information content (AvgIpc) is 3.13. The van der Waals surface area contributed by atoms with E-state index in [4.69, 9.17) is 10.5 Å². The highest BCUT2D eigenvalue weighted by Crippen LogP contribution is 2.46. The van der Waals surface area contributed by atoms with Crippen LogP contribution in [0.5, 0.6) is 5.75 Å². The van der Waals surface area contributed by atoms with Crippen molar-refractivity contribution in [2.45, 2.75) is 88.3 Å². The first kappa shape index (κ1) is 42.2. The van der Waals surface area contributed by atoms with Gasteiger partial charge in [0.15, 0.2) is 6.61 Å². The van der Waals surface area contributed by atoms with E-state index in [9.17, 15) is 38.2 Å². The Hall–Kier alpha value is -4.53. The van der Waals surface area contributed by atoms with Crippen molar-refractivity contribution in [2.75, 3.05) is 23.8 Å². The fraction of sp³-hybridized carbons (Fsp3) is 0.450. The normalized spacial score (nSPS) is 18.4. The number of β-lactam (4-membered cyclic amide) rings is 1. The Bertz CT molecular complexity index is 1690. The number of carboxylic acid groups (broad SMARTS) is 1. The molecular weight excluding hydrogens is 719 g/mol. The third-order valence-electron chi connectivity index (χ3n) is 8.80. The van der Waals surface area contributed by atoms with E-state index in [-0.39, 0.29) is 36.3 Å². The number of carbonyl (C=O) groups is 4. The third-order valence-corrected chi connectivity index (χ3v) is 10.1. The average molecular weight is 769 g/mol. The lowest BCUT2D eigenvalue weighted by atomic mass is 9.85. The second-order valence-electron chi connectivity index (χ2n) is 14.6. The molecule has 0 spiro atoms. The number of nitrogens with zero attached hydrogens (tertiary/aromatic N) is 1. The molecule has 0 radical (unpaired) electrons. The van der Waals surface area contributed by atoms with Gasteiger partial charge in [-0.1, -0.05) is 56.4 Å². The van der Waals surface area contributed by atoms with Gasteiger partial charge in [-0.3, -0.25) is 14.4 Å². The number of aliphatic hydroxyl groups is 1. The molecule has 1 heterocycles. The van der Waals surface area contributed by atoms with Crippen LogP contribution in [-0.4, -0.2) is 69.6 Å². The number of nitrogens with one attached hydrogen (secondary N) is 2. The second kappa shape index (κ2) is 19.7. The molecule has 2 fully saturated rings. The fourth-order valence-electron chi connectivity index (χ4n) is 6.18. The highest BCUT2D eigenvalue weighted by molar-refractivity contribution is 8.00. The first-order valence-corrected chi connectivity index (χ1v) is 19.1. The van der Waals surface area contributed by atoms with E-state index in [2.05, 4.69) is 10.6 Å². The number of aliphatic hydroxyl groups excluding tert-OH is 1. The number of rotatable bonds is 15. The van der Waals surface area contributed by atoms with Crippen LogP contribution < -0.4 is 26.0 Å². The number of amides is 3. The smallest absolute Gasteiger partial charge is 0.326 e. The Kier molecular flexibility index (Phi) is 15.4. The Balaban J connectivity index is 0.00000122. The number of anilines is 1. The van der Waals surface area contributed by atoms with Crippen LogP contribution >= 0.6 is 11.8 Å². The number of aliphatic carboxylic acids is 1. The minimum atomic E-state index is -1.10. The molecule has 0 unspecified atom stereocenters. The van der Waals surface area contributed by atoms with Crippen molar-refractivity contribution in [3.8, 4) is 5.75 Å². The number of hydrogen-bond donors (Lipinski definition) is 5. The summed E-state index contributed by atoms with van der Waals surface area (Å²) in [5, 5.41) is 24.6. The predicted molar refractivity (Wildman–Crippen MR) is 204 cm³/mol. The summed E-state index contributed by atoms with van der Waals surface area (Å²) in [6.07, 6.45) is 4.59. The van der Waals surface area contributed by atoms with Crippen molar-refractivity contribution in [1.29, 1.82) is 0 Å². The minimum Gasteiger partial charge on any atom is -0.484 e. The molecule has 1 aliphatic heterocycles. The van der Waals surface area contributed by atoms with Crippen molar-refractivity contribution in [3.05, 3.63) is 95.6 Å². The van der Waals surface area contributed by atoms with Gasteiger partial charge in [-0.25, -0.2) is 13.6 Å². The van der Waals surface area contributed by atoms with Crippen LogP contribution in [0.25, 0.3) is 0 Å². The van der Waals surface area contributed by atoms with E-state index in [1.807, 2.05) is 20.8 Å². The number of benzene rings is 3. The number of halogens is 2. The zero-order valence-electron chi connectivity index (χ0n) is 30.8. The molecule has 11 nitrogen and oxygen atoms in total. The summed E-state index contributed by atoms with van der Waals surface area (Å²) in [6, 6.07) is 16.4. The summed E-state index contributed by atoms with van der Waals surface area (Å²) in [7, 11) is 0. The van der Waals surface area contributed by atoms with Crippen molar-refractivity contribution in [1.82, 2.24) is 10.6 Å². The minimum absolute atomic E-state index is 0. The van der Waals surface area contributed by atoms with Crippen LogP contribution in [0.15, 0.2) is 72.8 Å². The Morgan fingerprint density at radius 2 is 1.50 bits per heavy atom. The van der Waals surface area contributed by atoms with Gasteiger partial charge in [0.1, 0.15) is 28.7 Å². The molecule has 1 saturated carbocycles. The molecular formula is C40H50F2N4O7S. The Morgan fingerprint density at radius 3 is 2.07 bits per heavy atom. The zero-order chi connectivity index (χ0) is 39.4. The van der Waals surface area contributed by atoms with Crippen LogP contribution in [0.4, 0.5) is 14.5 Å². The van der Waals surface area contributed by atoms with Gasteiger partial charge in [0.25, 0.3) is 5.91 Å². The van der Waals surface area contributed by atoms with E-state index in [0.29, 0.717) is 23.4 Å². The van der Waals surface area contributed by atoms with Gasteiger partial charge in [-0.15, -0.1) is 11.8 Å². The van der Waals surface area contributed by atoms with E-state index >= 15 is 0 Å². The van der Waals surface area contributed by atoms with Crippen LogP contribution in [0.2, 0.25) is 0 Å². The Morgan fingerprint density at radius 1 is 0.926 bits per heavy atom. The van der Waals surface area contributed by atoms with E-state index < -0.39 is 52.9 Å². The summed E-state index contributed by atoms with van der Waals surface area (Å²) in [5.74, 6) is -2.54. The van der Waals surface area contributed by atoms with E-state index in [1.165, 1.54) is 60.3 Å². The van der Waals surface area contributed by atoms with Crippen molar-refractivity contribution in [2.24, 2.45) is 11.7 Å². The number of hydrogen-bond acceptors (Lipinski definition) is 8. The molecule has 0 aromatic heterocycles. The number of ether oxygens (including phenoxy) is 1. The summed E-state index contributed by atoms with van der Waals surface area (Å²) in [5.41, 5.74) is 7.13. The quantitative estimate of drug-likeness (QED) is 0.122. The Labute approximate surface area is 319 Å². The predicted octanol–water partition coefficient (Wildman–Crippen LogP) is 5.67. The highest BCUT2D eigenvalue weighted by Gasteiger charge is 2.49. The maximum atomic E-state index is 13.6. The van der Waals surface area contributed by atoms with Gasteiger partial charge in [0.2, 0.25) is 11.8 Å². The van der Waals surface area contributed by atoms with Gasteiger partial charge >= 0.3 is 5.97 Å². The maximum absolute atomic E-state index is 13.6. The standard InChI is InChI=1S/C36H39F2N3O7S.C4H11N/c37-25-10-6-23(7-11-25)30(42)21-49-34-33(41(35(34)45)27-14-12-26(38)13-15-27)24-8-16-28(17-9-24)48-20-32(44)39-19-31(43)40-29(36(46)47)18-22-4-2-1-3-5-22;1-4(2,3)5/h6-17,22,29-30,33-34,42H,1-5,18-21H2,(H,39,44)(H,40,43)(H,46,47);5H2,1-3H3/t29-,30+,33-,34-;/m1./s1. The summed E-state index contributed by atoms with van der Waals surface area (Å²) in [6.45, 7) is 5.12. The van der Waals surface area contributed by atoms with Crippen LogP contribution in [0, 0.1) is 17.6 Å². The molecule has 0 bridgehead atoms. The molecule has 6 N–H and O–H groups in total. The van der Waals surface area contributed by atoms with Crippen molar-refractivity contribution >= 4 is 41.1 Å². The lowest BCUT2D eigenvalue weighted by molar-refractivity contribution is -0.142. The molecule has 54 heavy (non-hydrogen) atoms. The van der Waals surface area contributed by atoms with Gasteiger partial charge in [0.05, 0.1) is 18.7 Å². The second-order valence-corrected chi connectivity index (χ2v) is 15.8. The molecule has 4 atom stereocenters. The molecule has 1 saturated heterocycles. The molecule has 2 aliphatic rings. The van der Waals surface area contributed by atoms with Gasteiger partial charge < -0.3 is 36.2 Å². The number of thioether (sulfide) groups is 1. The molecule has 14 heteroatoms. The molecule has 1 aliphatic carbocycles. The van der Waals surface area contributed by atoms with Crippen LogP contribution in [-0.2, 0) is 19.2 Å². The topological polar surface area (TPSA) is 171 Å². The van der Waals surface area contributed by atoms with Crippen molar-refractivity contribution in [3.63, 3.8) is 0 Å². The first-order valence-electron chi connectivity index (χ1n) is 18.0. The molecule has 292 valence electrons. The van der Waals surface area contributed by atoms with Gasteiger partial charge in [-0.05, 0) is 92.8 Å². The third kappa shape index (κ3) is 13.1. The highest BCUT2D eigenvalue weighted by atomic mass is 32.2. The summed E-state index contributed by atoms with van der Waals surface area (Å²) >= 11 is 1.26. The number of nitrogens with two attached hydrogens (primary N) is 1. The van der Waals surface area contributed by atoms with E-state index in [1.54, 1.807) is 29.2 Å². The van der Waals surface area contributed by atoms with Crippen molar-refractivity contribution < 1.29 is 42.9 Å². The largest absolute Gasteiger partial charge is 0.484 e. The summed E-state index contributed by atoms with van der Waals surface area (Å²) in [4.78, 5) is 51.3. The van der Waals surface area contributed by atoms with Gasteiger partial charge in [-0.2, -0.15) is 0 Å². The lowest BCUT2D eigenvalue weighted by Crippen LogP contribution is -2.57. The number of carboxylic acids is 1.